The van der Waals surface area contributed by atoms with E-state index in [1.807, 2.05) is 0 Å². The number of anilines is 1. The quantitative estimate of drug-likeness (QED) is 0.813. The number of nitrogens with zero attached hydrogens (tertiary/aromatic N) is 2. The Balaban J connectivity index is 2.31. The topological polar surface area (TPSA) is 76.1 Å². The molecule has 0 aliphatic carbocycles. The lowest BCUT2D eigenvalue weighted by atomic mass is 10.2. The van der Waals surface area contributed by atoms with Gasteiger partial charge in [-0.05, 0) is 20.8 Å². The SMILES string of the molecule is CC(C)(C)OC(=O)NCCNc1cc(C(F)F)ncn1. The largest absolute Gasteiger partial charge is 0.444 e. The van der Waals surface area contributed by atoms with E-state index in [-0.39, 0.29) is 18.1 Å². The van der Waals surface area contributed by atoms with Crippen LogP contribution in [0.2, 0.25) is 0 Å². The number of amides is 1. The smallest absolute Gasteiger partial charge is 0.407 e. The van der Waals surface area contributed by atoms with Crippen molar-refractivity contribution in [1.29, 1.82) is 0 Å². The van der Waals surface area contributed by atoms with E-state index in [1.165, 1.54) is 0 Å². The summed E-state index contributed by atoms with van der Waals surface area (Å²) in [5.41, 5.74) is -0.904. The third-order valence-electron chi connectivity index (χ3n) is 2.01. The van der Waals surface area contributed by atoms with Crippen LogP contribution in [0.1, 0.15) is 32.9 Å². The normalized spacial score (nSPS) is 11.3. The van der Waals surface area contributed by atoms with Crippen molar-refractivity contribution in [2.24, 2.45) is 0 Å². The number of ether oxygens (including phenoxy) is 1. The molecule has 20 heavy (non-hydrogen) atoms. The average Bonchev–Trinajstić information content (AvgIpc) is 2.33. The molecule has 1 amide bonds. The van der Waals surface area contributed by atoms with Gasteiger partial charge < -0.3 is 15.4 Å². The number of carbonyl (C=O) groups is 1. The predicted octanol–water partition coefficient (Wildman–Crippen LogP) is 2.35. The summed E-state index contributed by atoms with van der Waals surface area (Å²) in [7, 11) is 0. The molecular formula is C12H18F2N4O2. The van der Waals surface area contributed by atoms with E-state index in [0.29, 0.717) is 6.54 Å². The van der Waals surface area contributed by atoms with Gasteiger partial charge in [0.15, 0.2) is 0 Å². The minimum Gasteiger partial charge on any atom is -0.444 e. The molecule has 112 valence electrons. The Kier molecular flexibility index (Phi) is 5.60. The van der Waals surface area contributed by atoms with Crippen LogP contribution in [-0.4, -0.2) is 34.8 Å². The number of hydrogen-bond donors (Lipinski definition) is 2. The Labute approximate surface area is 115 Å². The highest BCUT2D eigenvalue weighted by molar-refractivity contribution is 5.67. The summed E-state index contributed by atoms with van der Waals surface area (Å²) >= 11 is 0. The molecule has 1 rings (SSSR count). The first-order valence-corrected chi connectivity index (χ1v) is 6.09. The molecule has 6 nitrogen and oxygen atoms in total. The van der Waals surface area contributed by atoms with Crippen molar-refractivity contribution in [3.8, 4) is 0 Å². The van der Waals surface area contributed by atoms with E-state index in [4.69, 9.17) is 4.74 Å². The molecule has 0 radical (unpaired) electrons. The zero-order valence-corrected chi connectivity index (χ0v) is 11.6. The molecule has 2 N–H and O–H groups in total. The third kappa shape index (κ3) is 6.26. The van der Waals surface area contributed by atoms with Gasteiger partial charge in [0, 0.05) is 19.2 Å². The van der Waals surface area contributed by atoms with E-state index in [0.717, 1.165) is 12.4 Å². The minimum atomic E-state index is -2.64. The fraction of sp³-hybridized carbons (Fsp3) is 0.583. The number of alkyl halides is 2. The van der Waals surface area contributed by atoms with Crippen molar-refractivity contribution in [1.82, 2.24) is 15.3 Å². The average molecular weight is 288 g/mol. The van der Waals surface area contributed by atoms with Gasteiger partial charge in [-0.15, -0.1) is 0 Å². The maximum atomic E-state index is 12.4. The second-order valence-corrected chi connectivity index (χ2v) is 4.98. The summed E-state index contributed by atoms with van der Waals surface area (Å²) in [6, 6.07) is 1.16. The minimum absolute atomic E-state index is 0.279. The summed E-state index contributed by atoms with van der Waals surface area (Å²) in [5, 5.41) is 5.34. The number of carbonyl (C=O) groups excluding carboxylic acids is 1. The van der Waals surface area contributed by atoms with Crippen molar-refractivity contribution < 1.29 is 18.3 Å². The second kappa shape index (κ2) is 6.97. The van der Waals surface area contributed by atoms with E-state index in [1.54, 1.807) is 20.8 Å². The lowest BCUT2D eigenvalue weighted by Crippen LogP contribution is -2.35. The predicted molar refractivity (Wildman–Crippen MR) is 69.7 cm³/mol. The number of hydrogen-bond acceptors (Lipinski definition) is 5. The van der Waals surface area contributed by atoms with Crippen LogP contribution in [0.15, 0.2) is 12.4 Å². The summed E-state index contributed by atoms with van der Waals surface area (Å²) in [6.45, 7) is 5.90. The lowest BCUT2D eigenvalue weighted by Gasteiger charge is -2.19. The van der Waals surface area contributed by atoms with Gasteiger partial charge in [-0.2, -0.15) is 0 Å². The highest BCUT2D eigenvalue weighted by atomic mass is 19.3. The van der Waals surface area contributed by atoms with Gasteiger partial charge in [0.25, 0.3) is 6.43 Å². The van der Waals surface area contributed by atoms with Crippen LogP contribution in [0, 0.1) is 0 Å². The Hall–Kier alpha value is -1.99. The number of alkyl carbamates (subject to hydrolysis) is 1. The highest BCUT2D eigenvalue weighted by Crippen LogP contribution is 2.17. The van der Waals surface area contributed by atoms with Crippen LogP contribution in [0.3, 0.4) is 0 Å². The molecule has 0 atom stereocenters. The van der Waals surface area contributed by atoms with Gasteiger partial charge in [0.1, 0.15) is 23.4 Å². The fourth-order valence-corrected chi connectivity index (χ4v) is 1.26. The standard InChI is InChI=1S/C12H18F2N4O2/c1-12(2,3)20-11(19)16-5-4-15-9-6-8(10(13)14)17-7-18-9/h6-7,10H,4-5H2,1-3H3,(H,16,19)(H,15,17,18). The molecule has 1 aromatic rings. The Morgan fingerprint density at radius 2 is 2.05 bits per heavy atom. The van der Waals surface area contributed by atoms with Crippen molar-refractivity contribution in [2.75, 3.05) is 18.4 Å². The molecule has 0 bridgehead atoms. The zero-order valence-electron chi connectivity index (χ0n) is 11.6. The van der Waals surface area contributed by atoms with Gasteiger partial charge in [-0.1, -0.05) is 0 Å². The molecular weight excluding hydrogens is 270 g/mol. The highest BCUT2D eigenvalue weighted by Gasteiger charge is 2.15. The fourth-order valence-electron chi connectivity index (χ4n) is 1.26. The molecule has 0 aliphatic heterocycles. The molecule has 1 aromatic heterocycles. The van der Waals surface area contributed by atoms with Crippen LogP contribution >= 0.6 is 0 Å². The molecule has 0 aliphatic rings. The maximum absolute atomic E-state index is 12.4. The monoisotopic (exact) mass is 288 g/mol. The Morgan fingerprint density at radius 1 is 1.35 bits per heavy atom. The van der Waals surface area contributed by atoms with Gasteiger partial charge in [0.2, 0.25) is 0 Å². The van der Waals surface area contributed by atoms with Crippen molar-refractivity contribution in [3.63, 3.8) is 0 Å². The number of rotatable bonds is 5. The lowest BCUT2D eigenvalue weighted by molar-refractivity contribution is 0.0530. The van der Waals surface area contributed by atoms with E-state index < -0.39 is 18.1 Å². The number of nitrogens with one attached hydrogen (secondary N) is 2. The van der Waals surface area contributed by atoms with Crippen molar-refractivity contribution in [2.45, 2.75) is 32.8 Å². The first-order chi connectivity index (χ1) is 9.28. The van der Waals surface area contributed by atoms with Crippen LogP contribution in [0.5, 0.6) is 0 Å². The summed E-state index contributed by atoms with van der Waals surface area (Å²) in [6.07, 6.45) is -2.11. The summed E-state index contributed by atoms with van der Waals surface area (Å²) in [5.74, 6) is 0.279. The Morgan fingerprint density at radius 3 is 2.65 bits per heavy atom. The first-order valence-electron chi connectivity index (χ1n) is 6.09. The molecule has 0 saturated heterocycles. The van der Waals surface area contributed by atoms with Crippen molar-refractivity contribution in [3.05, 3.63) is 18.1 Å². The van der Waals surface area contributed by atoms with Crippen LogP contribution in [0.25, 0.3) is 0 Å². The van der Waals surface area contributed by atoms with Gasteiger partial charge in [-0.3, -0.25) is 0 Å². The van der Waals surface area contributed by atoms with Gasteiger partial charge in [-0.25, -0.2) is 23.5 Å². The van der Waals surface area contributed by atoms with E-state index in [2.05, 4.69) is 20.6 Å². The Bertz CT molecular complexity index is 449. The molecule has 0 spiro atoms. The van der Waals surface area contributed by atoms with Gasteiger partial charge >= 0.3 is 6.09 Å². The molecule has 0 saturated carbocycles. The number of halogens is 2. The molecule has 0 unspecified atom stereocenters. The van der Waals surface area contributed by atoms with Gasteiger partial charge in [0.05, 0.1) is 0 Å². The zero-order chi connectivity index (χ0) is 15.2. The molecule has 0 aromatic carbocycles. The van der Waals surface area contributed by atoms with E-state index >= 15 is 0 Å². The van der Waals surface area contributed by atoms with Crippen LogP contribution in [0.4, 0.5) is 19.4 Å². The second-order valence-electron chi connectivity index (χ2n) is 4.98. The van der Waals surface area contributed by atoms with Crippen molar-refractivity contribution >= 4 is 11.9 Å². The molecule has 1 heterocycles. The third-order valence-corrected chi connectivity index (χ3v) is 2.01. The van der Waals surface area contributed by atoms with Crippen LogP contribution < -0.4 is 10.6 Å². The number of aromatic nitrogens is 2. The summed E-state index contributed by atoms with van der Waals surface area (Å²) in [4.78, 5) is 18.6. The van der Waals surface area contributed by atoms with Crippen LogP contribution in [-0.2, 0) is 4.74 Å². The first kappa shape index (κ1) is 16.1. The maximum Gasteiger partial charge on any atom is 0.407 e. The summed E-state index contributed by atoms with van der Waals surface area (Å²) < 4.78 is 29.9. The molecule has 8 heteroatoms. The van der Waals surface area contributed by atoms with E-state index in [9.17, 15) is 13.6 Å². The molecule has 0 fully saturated rings.